The molecule has 1 amide bonds. The van der Waals surface area contributed by atoms with Crippen LogP contribution in [0.1, 0.15) is 93.3 Å². The number of hydrogen-bond acceptors (Lipinski definition) is 6. The first kappa shape index (κ1) is 26.0. The number of nitrogens with zero attached hydrogens (tertiary/aromatic N) is 5. The van der Waals surface area contributed by atoms with Crippen molar-refractivity contribution in [3.8, 4) is 22.5 Å². The second-order valence-electron chi connectivity index (χ2n) is 12.0. The molecule has 4 heterocycles. The number of pyridine rings is 1. The van der Waals surface area contributed by atoms with Crippen LogP contribution in [-0.4, -0.2) is 35.8 Å². The quantitative estimate of drug-likeness (QED) is 0.246. The van der Waals surface area contributed by atoms with Crippen molar-refractivity contribution >= 4 is 17.1 Å². The van der Waals surface area contributed by atoms with Gasteiger partial charge < -0.3 is 14.8 Å². The maximum atomic E-state index is 13.1. The van der Waals surface area contributed by atoms with Crippen LogP contribution in [0.3, 0.4) is 0 Å². The van der Waals surface area contributed by atoms with E-state index in [0.29, 0.717) is 17.1 Å². The Labute approximate surface area is 233 Å². The molecular weight excluding hydrogens is 502 g/mol. The Morgan fingerprint density at radius 1 is 1.15 bits per heavy atom. The summed E-state index contributed by atoms with van der Waals surface area (Å²) in [6.45, 7) is 10.3. The number of imidazole rings is 1. The molecule has 4 aromatic heterocycles. The van der Waals surface area contributed by atoms with E-state index in [1.54, 1.807) is 12.3 Å². The maximum Gasteiger partial charge on any atom is 0.273 e. The van der Waals surface area contributed by atoms with Crippen molar-refractivity contribution < 1.29 is 9.32 Å². The number of benzene rings is 1. The molecule has 5 aromatic rings. The topological polar surface area (TPSA) is 115 Å². The average Bonchev–Trinajstić information content (AvgIpc) is 3.67. The van der Waals surface area contributed by atoms with Gasteiger partial charge in [0.2, 0.25) is 0 Å². The van der Waals surface area contributed by atoms with E-state index >= 15 is 0 Å². The molecule has 206 valence electrons. The lowest BCUT2D eigenvalue weighted by atomic mass is 9.93. The molecule has 40 heavy (non-hydrogen) atoms. The van der Waals surface area contributed by atoms with Gasteiger partial charge in [-0.2, -0.15) is 5.10 Å². The summed E-state index contributed by atoms with van der Waals surface area (Å²) in [6, 6.07) is 10.5. The smallest absolute Gasteiger partial charge is 0.273 e. The van der Waals surface area contributed by atoms with E-state index in [0.717, 1.165) is 59.3 Å². The minimum Gasteiger partial charge on any atom is -0.360 e. The fraction of sp³-hybridized carbons (Fsp3) is 0.387. The minimum absolute atomic E-state index is 0.0810. The molecule has 0 saturated carbocycles. The monoisotopic (exact) mass is 537 g/mol. The van der Waals surface area contributed by atoms with Gasteiger partial charge in [-0.3, -0.25) is 9.48 Å². The van der Waals surface area contributed by atoms with E-state index in [1.807, 2.05) is 43.9 Å². The van der Waals surface area contributed by atoms with E-state index in [1.165, 1.54) is 5.56 Å². The van der Waals surface area contributed by atoms with Gasteiger partial charge in [-0.25, -0.2) is 9.97 Å². The van der Waals surface area contributed by atoms with Gasteiger partial charge in [0.05, 0.1) is 23.3 Å². The molecule has 0 fully saturated rings. The van der Waals surface area contributed by atoms with E-state index in [4.69, 9.17) is 9.51 Å². The third-order valence-electron chi connectivity index (χ3n) is 7.60. The summed E-state index contributed by atoms with van der Waals surface area (Å²) in [5.74, 6) is 1.24. The highest BCUT2D eigenvalue weighted by Crippen LogP contribution is 2.35. The van der Waals surface area contributed by atoms with Crippen LogP contribution in [0.25, 0.3) is 33.7 Å². The van der Waals surface area contributed by atoms with Crippen molar-refractivity contribution in [3.63, 3.8) is 0 Å². The van der Waals surface area contributed by atoms with Gasteiger partial charge in [0.1, 0.15) is 11.6 Å². The van der Waals surface area contributed by atoms with Crippen LogP contribution in [0.15, 0.2) is 53.4 Å². The standard InChI is InChI=1S/C31H35N7O2/c1-18(2)38-17-21(16-33-38)28-35-27-23(12-13-32-29(27)36-28)20-10-11-22-19(14-20)8-6-7-9-24(22)34-30(39)25-15-26(40-37-25)31(3,4)5/h10-18,24H,6-9H2,1-5H3,(H,34,39)(H,32,35,36). The summed E-state index contributed by atoms with van der Waals surface area (Å²) in [5.41, 5.74) is 7.16. The first-order valence-corrected chi connectivity index (χ1v) is 14.0. The Kier molecular flexibility index (Phi) is 6.52. The average molecular weight is 538 g/mol. The molecule has 0 saturated heterocycles. The second-order valence-corrected chi connectivity index (χ2v) is 12.0. The number of amides is 1. The van der Waals surface area contributed by atoms with E-state index < -0.39 is 0 Å². The second kappa shape index (κ2) is 10.0. The number of aryl methyl sites for hydroxylation is 1. The number of H-pyrrole nitrogens is 1. The van der Waals surface area contributed by atoms with Crippen molar-refractivity contribution in [2.75, 3.05) is 0 Å². The van der Waals surface area contributed by atoms with Gasteiger partial charge in [0, 0.05) is 35.5 Å². The number of carbonyl (C=O) groups is 1. The normalized spacial score (nSPS) is 15.8. The van der Waals surface area contributed by atoms with Gasteiger partial charge in [0.25, 0.3) is 5.91 Å². The molecule has 1 aliphatic carbocycles. The van der Waals surface area contributed by atoms with E-state index in [-0.39, 0.29) is 23.4 Å². The lowest BCUT2D eigenvalue weighted by molar-refractivity contribution is 0.0925. The number of fused-ring (bicyclic) bond motifs is 2. The Balaban J connectivity index is 1.30. The van der Waals surface area contributed by atoms with Gasteiger partial charge >= 0.3 is 0 Å². The molecule has 9 nitrogen and oxygen atoms in total. The van der Waals surface area contributed by atoms with Gasteiger partial charge in [-0.05, 0) is 55.9 Å². The third kappa shape index (κ3) is 4.92. The zero-order chi connectivity index (χ0) is 28.0. The SMILES string of the molecule is CC(C)n1cc(-c2nc3nccc(-c4ccc5c(c4)CCCCC5NC(=O)c4cc(C(C)(C)C)on4)c3[nH]2)cn1. The molecular formula is C31H35N7O2. The molecule has 9 heteroatoms. The highest BCUT2D eigenvalue weighted by molar-refractivity contribution is 5.93. The fourth-order valence-corrected chi connectivity index (χ4v) is 5.30. The first-order valence-electron chi connectivity index (χ1n) is 14.0. The van der Waals surface area contributed by atoms with Crippen molar-refractivity contribution in [2.24, 2.45) is 0 Å². The molecule has 0 aliphatic heterocycles. The molecule has 1 aromatic carbocycles. The third-order valence-corrected chi connectivity index (χ3v) is 7.60. The largest absolute Gasteiger partial charge is 0.360 e. The Bertz CT molecular complexity index is 1690. The molecule has 0 spiro atoms. The molecule has 6 rings (SSSR count). The number of nitrogens with one attached hydrogen (secondary N) is 2. The number of rotatable bonds is 5. The number of aromatic nitrogens is 6. The lowest BCUT2D eigenvalue weighted by Crippen LogP contribution is -2.29. The van der Waals surface area contributed by atoms with Crippen LogP contribution < -0.4 is 5.32 Å². The maximum absolute atomic E-state index is 13.1. The first-order chi connectivity index (χ1) is 19.2. The summed E-state index contributed by atoms with van der Waals surface area (Å²) in [7, 11) is 0. The van der Waals surface area contributed by atoms with E-state index in [9.17, 15) is 4.79 Å². The Morgan fingerprint density at radius 2 is 2.00 bits per heavy atom. The summed E-state index contributed by atoms with van der Waals surface area (Å²) in [5, 5.41) is 11.7. The zero-order valence-electron chi connectivity index (χ0n) is 23.7. The molecule has 1 unspecified atom stereocenters. The molecule has 2 N–H and O–H groups in total. The molecule has 0 bridgehead atoms. The zero-order valence-corrected chi connectivity index (χ0v) is 23.7. The predicted molar refractivity (Wildman–Crippen MR) is 154 cm³/mol. The lowest BCUT2D eigenvalue weighted by Gasteiger charge is -2.19. The number of aromatic amines is 1. The van der Waals surface area contributed by atoms with Crippen molar-refractivity contribution in [1.29, 1.82) is 0 Å². The molecule has 1 aliphatic rings. The summed E-state index contributed by atoms with van der Waals surface area (Å²) in [4.78, 5) is 25.9. The van der Waals surface area contributed by atoms with Gasteiger partial charge in [-0.15, -0.1) is 0 Å². The van der Waals surface area contributed by atoms with Crippen LogP contribution in [-0.2, 0) is 11.8 Å². The summed E-state index contributed by atoms with van der Waals surface area (Å²) >= 11 is 0. The highest BCUT2D eigenvalue weighted by atomic mass is 16.5. The van der Waals surface area contributed by atoms with Crippen molar-refractivity contribution in [2.45, 2.75) is 77.8 Å². The predicted octanol–water partition coefficient (Wildman–Crippen LogP) is 6.55. The molecule has 0 radical (unpaired) electrons. The summed E-state index contributed by atoms with van der Waals surface area (Å²) < 4.78 is 7.37. The van der Waals surface area contributed by atoms with Crippen LogP contribution in [0, 0.1) is 0 Å². The highest BCUT2D eigenvalue weighted by Gasteiger charge is 2.26. The Morgan fingerprint density at radius 3 is 2.75 bits per heavy atom. The van der Waals surface area contributed by atoms with Crippen LogP contribution in [0.5, 0.6) is 0 Å². The number of carbonyl (C=O) groups excluding carboxylic acids is 1. The molecule has 1 atom stereocenters. The van der Waals surface area contributed by atoms with Gasteiger partial charge in [0.15, 0.2) is 11.3 Å². The van der Waals surface area contributed by atoms with E-state index in [2.05, 4.69) is 57.6 Å². The minimum atomic E-state index is -0.208. The van der Waals surface area contributed by atoms with Crippen LogP contribution in [0.4, 0.5) is 0 Å². The van der Waals surface area contributed by atoms with Crippen molar-refractivity contribution in [3.05, 3.63) is 71.5 Å². The summed E-state index contributed by atoms with van der Waals surface area (Å²) in [6.07, 6.45) is 9.59. The fourth-order valence-electron chi connectivity index (χ4n) is 5.30. The number of hydrogen-bond donors (Lipinski definition) is 2. The van der Waals surface area contributed by atoms with Crippen LogP contribution >= 0.6 is 0 Å². The van der Waals surface area contributed by atoms with Crippen molar-refractivity contribution in [1.82, 2.24) is 35.2 Å². The van der Waals surface area contributed by atoms with Crippen LogP contribution in [0.2, 0.25) is 0 Å². The van der Waals surface area contributed by atoms with Gasteiger partial charge in [-0.1, -0.05) is 50.5 Å². The Hall–Kier alpha value is -4.27.